The minimum atomic E-state index is -1.26. The zero-order valence-corrected chi connectivity index (χ0v) is 19.3. The van der Waals surface area contributed by atoms with E-state index in [-0.39, 0.29) is 0 Å². The lowest BCUT2D eigenvalue weighted by Crippen LogP contribution is -2.22. The highest BCUT2D eigenvalue weighted by Crippen LogP contribution is 2.27. The van der Waals surface area contributed by atoms with E-state index in [2.05, 4.69) is 11.0 Å². The molecule has 12 heteroatoms. The highest BCUT2D eigenvalue weighted by atomic mass is 35.5. The fourth-order valence-corrected chi connectivity index (χ4v) is 2.97. The van der Waals surface area contributed by atoms with Crippen molar-refractivity contribution >= 4 is 35.5 Å². The summed E-state index contributed by atoms with van der Waals surface area (Å²) in [5.41, 5.74) is 6.94. The molecule has 0 aliphatic carbocycles. The highest BCUT2D eigenvalue weighted by molar-refractivity contribution is 6.32. The maximum absolute atomic E-state index is 9.55. The topological polar surface area (TPSA) is 188 Å². The Hall–Kier alpha value is -3.41. The van der Waals surface area contributed by atoms with Gasteiger partial charge in [-0.3, -0.25) is 4.90 Å². The first-order chi connectivity index (χ1) is 16.0. The maximum atomic E-state index is 9.55. The Morgan fingerprint density at radius 1 is 1.03 bits per heavy atom. The lowest BCUT2D eigenvalue weighted by Gasteiger charge is -2.16. The second-order valence-corrected chi connectivity index (χ2v) is 7.25. The van der Waals surface area contributed by atoms with E-state index in [9.17, 15) is 19.2 Å². The fraction of sp³-hybridized carbons (Fsp3) is 0.364. The third-order valence-electron chi connectivity index (χ3n) is 4.14. The summed E-state index contributed by atoms with van der Waals surface area (Å²) in [7, 11) is 0. The Morgan fingerprint density at radius 3 is 1.88 bits per heavy atom. The number of nitrogens with two attached hydrogens (primary N) is 1. The summed E-state index contributed by atoms with van der Waals surface area (Å²) in [6.45, 7) is 6.57. The molecule has 1 aliphatic rings. The van der Waals surface area contributed by atoms with Gasteiger partial charge < -0.3 is 30.9 Å². The molecular formula is C22H29ClN2O9. The number of carbonyl (C=O) groups is 4. The Kier molecular flexibility index (Phi) is 15.4. The predicted octanol–water partition coefficient (Wildman–Crippen LogP) is 1.94. The molecule has 1 aliphatic heterocycles. The number of hydrogen-bond acceptors (Lipinski definition) is 7. The molecule has 0 saturated carbocycles. The molecule has 1 heterocycles. The van der Waals surface area contributed by atoms with Gasteiger partial charge in [-0.1, -0.05) is 17.7 Å². The average Bonchev–Trinajstić information content (AvgIpc) is 3.21. The van der Waals surface area contributed by atoms with Crippen molar-refractivity contribution in [1.29, 1.82) is 0 Å². The van der Waals surface area contributed by atoms with Crippen LogP contribution in [0.5, 0.6) is 5.75 Å². The molecular weight excluding hydrogens is 472 g/mol. The first kappa shape index (κ1) is 30.6. The Morgan fingerprint density at radius 2 is 1.53 bits per heavy atom. The van der Waals surface area contributed by atoms with Crippen molar-refractivity contribution in [3.8, 4) is 5.75 Å². The third-order valence-corrected chi connectivity index (χ3v) is 4.44. The van der Waals surface area contributed by atoms with Gasteiger partial charge in [0.2, 0.25) is 0 Å². The fourth-order valence-electron chi connectivity index (χ4n) is 2.71. The largest absolute Gasteiger partial charge is 0.492 e. The molecule has 0 radical (unpaired) electrons. The van der Waals surface area contributed by atoms with Crippen molar-refractivity contribution in [2.24, 2.45) is 11.7 Å². The van der Waals surface area contributed by atoms with Gasteiger partial charge in [0.15, 0.2) is 0 Å². The van der Waals surface area contributed by atoms with Crippen LogP contribution in [-0.4, -0.2) is 75.4 Å². The quantitative estimate of drug-likeness (QED) is 0.311. The molecule has 6 N–H and O–H groups in total. The molecule has 1 fully saturated rings. The molecule has 0 aromatic heterocycles. The molecule has 0 spiro atoms. The van der Waals surface area contributed by atoms with Crippen molar-refractivity contribution in [1.82, 2.24) is 4.90 Å². The van der Waals surface area contributed by atoms with E-state index in [1.54, 1.807) is 0 Å². The van der Waals surface area contributed by atoms with Gasteiger partial charge in [0, 0.05) is 37.4 Å². The zero-order chi connectivity index (χ0) is 26.1. The van der Waals surface area contributed by atoms with Gasteiger partial charge in [-0.2, -0.15) is 0 Å². The summed E-state index contributed by atoms with van der Waals surface area (Å²) >= 11 is 6.19. The maximum Gasteiger partial charge on any atom is 0.328 e. The van der Waals surface area contributed by atoms with Gasteiger partial charge in [0.05, 0.1) is 11.6 Å². The summed E-state index contributed by atoms with van der Waals surface area (Å²) in [6.07, 6.45) is 3.44. The normalized spacial score (nSPS) is 15.2. The summed E-state index contributed by atoms with van der Waals surface area (Å²) in [6, 6.07) is 6.05. The van der Waals surface area contributed by atoms with Crippen LogP contribution < -0.4 is 10.5 Å². The molecule has 0 unspecified atom stereocenters. The van der Waals surface area contributed by atoms with E-state index in [1.807, 2.05) is 19.1 Å². The lowest BCUT2D eigenvalue weighted by molar-refractivity contribution is -0.134. The van der Waals surface area contributed by atoms with E-state index in [0.717, 1.165) is 31.9 Å². The minimum Gasteiger partial charge on any atom is -0.492 e. The number of likely N-dealkylation sites (tertiary alicyclic amines) is 1. The van der Waals surface area contributed by atoms with Gasteiger partial charge in [-0.05, 0) is 50.0 Å². The van der Waals surface area contributed by atoms with Crippen LogP contribution in [0, 0.1) is 5.92 Å². The summed E-state index contributed by atoms with van der Waals surface area (Å²) < 4.78 is 5.43. The number of hydrogen-bond donors (Lipinski definition) is 5. The second-order valence-electron chi connectivity index (χ2n) is 6.84. The first-order valence-electron chi connectivity index (χ1n) is 10.1. The van der Waals surface area contributed by atoms with E-state index in [0.29, 0.717) is 41.9 Å². The minimum absolute atomic E-state index is 0.558. The van der Waals surface area contributed by atoms with Crippen molar-refractivity contribution in [3.63, 3.8) is 0 Å². The molecule has 188 valence electrons. The standard InChI is InChI=1S/C14H21ClN2O.2C4H4O4/c1-2-18-14-4-3-11(7-13(14)15)9-17-6-5-12(8-16)10-17;2*5-3(6)1-2-4(7)8/h3-4,7,12H,2,5-6,8-10,16H2,1H3;2*1-2H,(H,5,6)(H,7,8)/b;2*2-1+/t12-;;/m1../s1. The average molecular weight is 501 g/mol. The number of rotatable bonds is 9. The molecule has 0 bridgehead atoms. The van der Waals surface area contributed by atoms with E-state index < -0.39 is 23.9 Å². The van der Waals surface area contributed by atoms with Crippen molar-refractivity contribution in [3.05, 3.63) is 53.1 Å². The second kappa shape index (κ2) is 17.1. The van der Waals surface area contributed by atoms with Crippen LogP contribution in [0.3, 0.4) is 0 Å². The summed E-state index contributed by atoms with van der Waals surface area (Å²) in [5.74, 6) is -3.60. The number of nitrogens with zero attached hydrogens (tertiary/aromatic N) is 1. The van der Waals surface area contributed by atoms with Crippen LogP contribution in [0.2, 0.25) is 5.02 Å². The van der Waals surface area contributed by atoms with Crippen LogP contribution in [0.1, 0.15) is 18.9 Å². The molecule has 2 rings (SSSR count). The van der Waals surface area contributed by atoms with Gasteiger partial charge in [-0.25, -0.2) is 19.2 Å². The molecule has 34 heavy (non-hydrogen) atoms. The van der Waals surface area contributed by atoms with Crippen molar-refractivity contribution < 1.29 is 44.3 Å². The monoisotopic (exact) mass is 500 g/mol. The summed E-state index contributed by atoms with van der Waals surface area (Å²) in [5, 5.41) is 31.9. The number of carboxylic acid groups (broad SMARTS) is 4. The van der Waals surface area contributed by atoms with Gasteiger partial charge in [0.25, 0.3) is 0 Å². The SMILES string of the molecule is CCOc1ccc(CN2CC[C@H](CN)C2)cc1Cl.O=C(O)/C=C/C(=O)O.O=C(O)/C=C/C(=O)O. The van der Waals surface area contributed by atoms with Gasteiger partial charge in [-0.15, -0.1) is 0 Å². The molecule has 1 saturated heterocycles. The van der Waals surface area contributed by atoms with Crippen molar-refractivity contribution in [2.75, 3.05) is 26.2 Å². The molecule has 11 nitrogen and oxygen atoms in total. The highest BCUT2D eigenvalue weighted by Gasteiger charge is 2.21. The number of carboxylic acids is 4. The molecule has 1 aromatic rings. The molecule has 0 amide bonds. The number of halogens is 1. The Labute approximate surface area is 201 Å². The Bertz CT molecular complexity index is 821. The van der Waals surface area contributed by atoms with Crippen LogP contribution in [0.4, 0.5) is 0 Å². The van der Waals surface area contributed by atoms with Gasteiger partial charge in [0.1, 0.15) is 5.75 Å². The van der Waals surface area contributed by atoms with Crippen molar-refractivity contribution in [2.45, 2.75) is 19.9 Å². The van der Waals surface area contributed by atoms with Crippen LogP contribution in [0.25, 0.3) is 0 Å². The number of benzene rings is 1. The zero-order valence-electron chi connectivity index (χ0n) is 18.6. The Balaban J connectivity index is 0.000000570. The number of ether oxygens (including phenoxy) is 1. The molecule has 1 aromatic carbocycles. The van der Waals surface area contributed by atoms with E-state index >= 15 is 0 Å². The lowest BCUT2D eigenvalue weighted by atomic mass is 10.1. The number of aliphatic carboxylic acids is 4. The van der Waals surface area contributed by atoms with Crippen LogP contribution in [0.15, 0.2) is 42.5 Å². The molecule has 1 atom stereocenters. The predicted molar refractivity (Wildman–Crippen MR) is 124 cm³/mol. The summed E-state index contributed by atoms with van der Waals surface area (Å²) in [4.78, 5) is 40.6. The first-order valence-corrected chi connectivity index (χ1v) is 10.5. The smallest absolute Gasteiger partial charge is 0.328 e. The van der Waals surface area contributed by atoms with Crippen LogP contribution in [-0.2, 0) is 25.7 Å². The van der Waals surface area contributed by atoms with Gasteiger partial charge >= 0.3 is 23.9 Å². The van der Waals surface area contributed by atoms with Crippen LogP contribution >= 0.6 is 11.6 Å². The van der Waals surface area contributed by atoms with E-state index in [1.165, 1.54) is 12.0 Å². The third kappa shape index (κ3) is 15.4. The van der Waals surface area contributed by atoms with E-state index in [4.69, 9.17) is 42.5 Å².